The highest BCUT2D eigenvalue weighted by atomic mass is 31.2. The van der Waals surface area contributed by atoms with Crippen molar-refractivity contribution in [2.45, 2.75) is 45.6 Å². The van der Waals surface area contributed by atoms with Crippen LogP contribution in [0.1, 0.15) is 40.0 Å². The van der Waals surface area contributed by atoms with Crippen LogP contribution >= 0.6 is 7.52 Å². The van der Waals surface area contributed by atoms with E-state index >= 15 is 0 Å². The third-order valence-corrected chi connectivity index (χ3v) is 6.08. The van der Waals surface area contributed by atoms with Crippen molar-refractivity contribution in [1.29, 1.82) is 0 Å². The Morgan fingerprint density at radius 3 is 2.16 bits per heavy atom. The molecule has 1 atom stereocenters. The van der Waals surface area contributed by atoms with E-state index in [1.165, 1.54) is 6.42 Å². The first-order valence-corrected chi connectivity index (χ1v) is 8.61. The molecule has 0 aromatic heterocycles. The summed E-state index contributed by atoms with van der Waals surface area (Å²) >= 11 is 0. The lowest BCUT2D eigenvalue weighted by molar-refractivity contribution is 0.117. The van der Waals surface area contributed by atoms with E-state index in [9.17, 15) is 4.57 Å². The van der Waals surface area contributed by atoms with Crippen molar-refractivity contribution < 1.29 is 9.09 Å². The highest BCUT2D eigenvalue weighted by Gasteiger charge is 2.38. The first kappa shape index (κ1) is 14.8. The van der Waals surface area contributed by atoms with E-state index < -0.39 is 13.1 Å². The zero-order valence-corrected chi connectivity index (χ0v) is 13.0. The lowest BCUT2D eigenvalue weighted by atomic mass is 10.2. The van der Waals surface area contributed by atoms with Gasteiger partial charge in [-0.1, -0.05) is 24.6 Å². The second-order valence-electron chi connectivity index (χ2n) is 6.07. The highest BCUT2D eigenvalue weighted by molar-refractivity contribution is 7.64. The maximum Gasteiger partial charge on any atom is 0.302 e. The summed E-state index contributed by atoms with van der Waals surface area (Å²) in [6, 6.07) is 9.64. The largest absolute Gasteiger partial charge is 0.308 e. The van der Waals surface area contributed by atoms with E-state index in [-0.39, 0.29) is 0 Å². The maximum absolute atomic E-state index is 13.5. The van der Waals surface area contributed by atoms with Crippen molar-refractivity contribution in [3.05, 3.63) is 30.3 Å². The molecule has 2 rings (SSSR count). The molecule has 1 aliphatic heterocycles. The Kier molecular flexibility index (Phi) is 4.50. The van der Waals surface area contributed by atoms with Crippen LogP contribution in [0.4, 0.5) is 0 Å². The number of rotatable bonds is 3. The van der Waals surface area contributed by atoms with E-state index in [1.807, 2.05) is 51.1 Å². The molecular formula is C15H24NO2P. The minimum absolute atomic E-state index is 0.414. The Morgan fingerprint density at radius 2 is 1.63 bits per heavy atom. The summed E-state index contributed by atoms with van der Waals surface area (Å²) in [6.07, 6.45) is 3.43. The minimum Gasteiger partial charge on any atom is -0.308 e. The van der Waals surface area contributed by atoms with Gasteiger partial charge in [-0.15, -0.1) is 0 Å². The molecule has 19 heavy (non-hydrogen) atoms. The van der Waals surface area contributed by atoms with Gasteiger partial charge in [-0.25, -0.2) is 4.67 Å². The topological polar surface area (TPSA) is 29.5 Å². The molecule has 1 aliphatic rings. The van der Waals surface area contributed by atoms with Gasteiger partial charge in [0.15, 0.2) is 0 Å². The van der Waals surface area contributed by atoms with Gasteiger partial charge in [0.2, 0.25) is 0 Å². The van der Waals surface area contributed by atoms with Crippen molar-refractivity contribution in [3.8, 4) is 0 Å². The quantitative estimate of drug-likeness (QED) is 0.789. The summed E-state index contributed by atoms with van der Waals surface area (Å²) in [5, 5.41) is 0.812. The predicted octanol–water partition coefficient (Wildman–Crippen LogP) is 3.81. The van der Waals surface area contributed by atoms with E-state index in [4.69, 9.17) is 4.52 Å². The molecule has 106 valence electrons. The van der Waals surface area contributed by atoms with Gasteiger partial charge in [-0.05, 0) is 45.7 Å². The molecular weight excluding hydrogens is 257 g/mol. The fourth-order valence-electron chi connectivity index (χ4n) is 2.40. The van der Waals surface area contributed by atoms with Crippen molar-refractivity contribution in [3.63, 3.8) is 0 Å². The van der Waals surface area contributed by atoms with Crippen LogP contribution in [0.5, 0.6) is 0 Å². The molecule has 3 nitrogen and oxygen atoms in total. The average molecular weight is 281 g/mol. The lowest BCUT2D eigenvalue weighted by Gasteiger charge is -2.37. The Balaban J connectivity index is 2.35. The highest BCUT2D eigenvalue weighted by Crippen LogP contribution is 2.53. The van der Waals surface area contributed by atoms with Crippen LogP contribution in [-0.2, 0) is 9.09 Å². The normalized spacial score (nSPS) is 21.0. The summed E-state index contributed by atoms with van der Waals surface area (Å²) in [7, 11) is -2.94. The van der Waals surface area contributed by atoms with Gasteiger partial charge in [-0.3, -0.25) is 4.57 Å². The predicted molar refractivity (Wildman–Crippen MR) is 79.9 cm³/mol. The molecule has 4 heteroatoms. The smallest absolute Gasteiger partial charge is 0.302 e. The first-order chi connectivity index (χ1) is 8.92. The maximum atomic E-state index is 13.5. The second kappa shape index (κ2) is 5.78. The Bertz CT molecular complexity index is 447. The zero-order valence-electron chi connectivity index (χ0n) is 12.1. The molecule has 1 aromatic rings. The van der Waals surface area contributed by atoms with Gasteiger partial charge in [0, 0.05) is 13.1 Å². The van der Waals surface area contributed by atoms with Gasteiger partial charge in [0.1, 0.15) is 0 Å². The van der Waals surface area contributed by atoms with Crippen molar-refractivity contribution >= 4 is 12.8 Å². The Labute approximate surface area is 116 Å². The fraction of sp³-hybridized carbons (Fsp3) is 0.600. The van der Waals surface area contributed by atoms with Crippen LogP contribution in [0.2, 0.25) is 0 Å². The molecule has 0 amide bonds. The Hall–Kier alpha value is -0.630. The monoisotopic (exact) mass is 281 g/mol. The third kappa shape index (κ3) is 3.68. The molecule has 1 unspecified atom stereocenters. The van der Waals surface area contributed by atoms with Crippen LogP contribution in [0.3, 0.4) is 0 Å². The van der Waals surface area contributed by atoms with Crippen LogP contribution in [-0.4, -0.2) is 23.4 Å². The number of benzene rings is 1. The molecule has 1 aromatic carbocycles. The van der Waals surface area contributed by atoms with Crippen molar-refractivity contribution in [1.82, 2.24) is 4.67 Å². The fourth-order valence-corrected chi connectivity index (χ4v) is 5.05. The van der Waals surface area contributed by atoms with Gasteiger partial charge in [-0.2, -0.15) is 0 Å². The van der Waals surface area contributed by atoms with Crippen molar-refractivity contribution in [2.75, 3.05) is 13.1 Å². The van der Waals surface area contributed by atoms with Crippen LogP contribution in [0.15, 0.2) is 30.3 Å². The van der Waals surface area contributed by atoms with Crippen LogP contribution in [0.25, 0.3) is 0 Å². The SMILES string of the molecule is CC(C)(C)OP(=O)(c1ccccc1)N1CCCCC1. The van der Waals surface area contributed by atoms with Gasteiger partial charge in [0.05, 0.1) is 10.9 Å². The van der Waals surface area contributed by atoms with Gasteiger partial charge < -0.3 is 4.52 Å². The molecule has 1 fully saturated rings. The first-order valence-electron chi connectivity index (χ1n) is 7.04. The number of piperidine rings is 1. The molecule has 1 heterocycles. The van der Waals surface area contributed by atoms with Crippen LogP contribution < -0.4 is 5.30 Å². The van der Waals surface area contributed by atoms with Gasteiger partial charge >= 0.3 is 7.52 Å². The van der Waals surface area contributed by atoms with E-state index in [2.05, 4.69) is 4.67 Å². The number of hydrogen-bond acceptors (Lipinski definition) is 2. The van der Waals surface area contributed by atoms with E-state index in [0.29, 0.717) is 0 Å². The van der Waals surface area contributed by atoms with E-state index in [1.54, 1.807) is 0 Å². The van der Waals surface area contributed by atoms with E-state index in [0.717, 1.165) is 31.2 Å². The molecule has 0 radical (unpaired) electrons. The second-order valence-corrected chi connectivity index (χ2v) is 8.38. The van der Waals surface area contributed by atoms with Gasteiger partial charge in [0.25, 0.3) is 0 Å². The molecule has 0 aliphatic carbocycles. The molecule has 0 N–H and O–H groups in total. The minimum atomic E-state index is -2.94. The molecule has 0 saturated carbocycles. The summed E-state index contributed by atoms with van der Waals surface area (Å²) in [5.74, 6) is 0. The zero-order chi connectivity index (χ0) is 13.9. The average Bonchev–Trinajstić information content (AvgIpc) is 2.39. The van der Waals surface area contributed by atoms with Crippen LogP contribution in [0, 0.1) is 0 Å². The number of nitrogens with zero attached hydrogens (tertiary/aromatic N) is 1. The summed E-state index contributed by atoms with van der Waals surface area (Å²) in [4.78, 5) is 0. The molecule has 1 saturated heterocycles. The Morgan fingerprint density at radius 1 is 1.05 bits per heavy atom. The summed E-state index contributed by atoms with van der Waals surface area (Å²) in [6.45, 7) is 7.62. The molecule has 0 spiro atoms. The summed E-state index contributed by atoms with van der Waals surface area (Å²) in [5.41, 5.74) is -0.414. The standard InChI is InChI=1S/C15H24NO2P/c1-15(2,3)18-19(17,14-10-6-4-7-11-14)16-12-8-5-9-13-16/h4,6-7,10-11H,5,8-9,12-13H2,1-3H3. The van der Waals surface area contributed by atoms with Crippen molar-refractivity contribution in [2.24, 2.45) is 0 Å². The third-order valence-electron chi connectivity index (χ3n) is 3.18. The lowest BCUT2D eigenvalue weighted by Crippen LogP contribution is -2.35. The molecule has 0 bridgehead atoms. The number of hydrogen-bond donors (Lipinski definition) is 0. The summed E-state index contributed by atoms with van der Waals surface area (Å²) < 4.78 is 21.6.